The van der Waals surface area contributed by atoms with Gasteiger partial charge in [-0.3, -0.25) is 0 Å². The Hall–Kier alpha value is -0.911. The molecule has 77 valence electrons. The Kier molecular flexibility index (Phi) is 2.77. The zero-order valence-electron chi connectivity index (χ0n) is 8.50. The summed E-state index contributed by atoms with van der Waals surface area (Å²) in [5.41, 5.74) is 6.88. The minimum atomic E-state index is 0. The smallest absolute Gasteiger partial charge is 0 e. The summed E-state index contributed by atoms with van der Waals surface area (Å²) < 4.78 is 0. The molecule has 0 aliphatic heterocycles. The van der Waals surface area contributed by atoms with E-state index in [4.69, 9.17) is 0 Å². The maximum Gasteiger partial charge on any atom is 0 e. The molecule has 0 saturated heterocycles. The van der Waals surface area contributed by atoms with Crippen LogP contribution in [0.4, 0.5) is 0 Å². The maximum atomic E-state index is 3.27. The van der Waals surface area contributed by atoms with Crippen molar-refractivity contribution in [2.45, 2.75) is 13.3 Å². The summed E-state index contributed by atoms with van der Waals surface area (Å²) in [5.74, 6) is 0. The molecule has 1 aliphatic carbocycles. The minimum absolute atomic E-state index is 0. The van der Waals surface area contributed by atoms with Crippen LogP contribution in [0.15, 0.2) is 36.4 Å². The van der Waals surface area contributed by atoms with Crippen LogP contribution >= 0.6 is 0 Å². The van der Waals surface area contributed by atoms with Crippen LogP contribution in [0.25, 0.3) is 11.1 Å². The van der Waals surface area contributed by atoms with Crippen LogP contribution in [0.3, 0.4) is 0 Å². The van der Waals surface area contributed by atoms with Crippen molar-refractivity contribution in [3.05, 3.63) is 59.2 Å². The first kappa shape index (κ1) is 10.6. The van der Waals surface area contributed by atoms with E-state index in [1.165, 1.54) is 27.8 Å². The van der Waals surface area contributed by atoms with Gasteiger partial charge in [-0.1, -0.05) is 42.3 Å². The Morgan fingerprint density at radius 3 is 2.73 bits per heavy atom. The average molecular weight is 371 g/mol. The Balaban J connectivity index is 0.000000853. The van der Waals surface area contributed by atoms with Crippen LogP contribution in [-0.2, 0) is 26.5 Å². The number of aryl methyl sites for hydroxylation is 1. The molecule has 0 N–H and O–H groups in total. The van der Waals surface area contributed by atoms with Crippen molar-refractivity contribution in [2.24, 2.45) is 0 Å². The number of hydrogen-bond donors (Lipinski definition) is 0. The molecule has 0 fully saturated rings. The van der Waals surface area contributed by atoms with E-state index in [0.29, 0.717) is 0 Å². The molecule has 15 heavy (non-hydrogen) atoms. The summed E-state index contributed by atoms with van der Waals surface area (Å²) in [6.07, 6.45) is 1.08. The van der Waals surface area contributed by atoms with Gasteiger partial charge in [0.05, 0.1) is 0 Å². The standard InChI is InChI=1S/C14H11.Ir/c1-10-6-7-14-12(8-10)9-11-4-2-3-5-13(11)14;/h2-5,7-8H,9H2,1H3;/q-1;. The first-order valence-corrected chi connectivity index (χ1v) is 4.94. The largest absolute Gasteiger partial charge is 0.180 e. The topological polar surface area (TPSA) is 0 Å². The molecule has 0 nitrogen and oxygen atoms in total. The molecule has 0 bridgehead atoms. The van der Waals surface area contributed by atoms with Crippen molar-refractivity contribution in [2.75, 3.05) is 0 Å². The third-order valence-electron chi connectivity index (χ3n) is 2.87. The van der Waals surface area contributed by atoms with Gasteiger partial charge >= 0.3 is 0 Å². The van der Waals surface area contributed by atoms with Gasteiger partial charge in [-0.15, -0.1) is 11.1 Å². The Bertz CT molecular complexity index is 500. The Labute approximate surface area is 104 Å². The van der Waals surface area contributed by atoms with Gasteiger partial charge in [0, 0.05) is 20.1 Å². The third kappa shape index (κ3) is 1.67. The van der Waals surface area contributed by atoms with Crippen LogP contribution in [0.5, 0.6) is 0 Å². The summed E-state index contributed by atoms with van der Waals surface area (Å²) in [6.45, 7) is 2.10. The summed E-state index contributed by atoms with van der Waals surface area (Å²) in [7, 11) is 0. The molecule has 1 aliphatic rings. The molecule has 0 heterocycles. The molecule has 3 rings (SSSR count). The van der Waals surface area contributed by atoms with E-state index in [2.05, 4.69) is 49.4 Å². The van der Waals surface area contributed by atoms with Gasteiger partial charge in [-0.2, -0.15) is 23.8 Å². The van der Waals surface area contributed by atoms with Crippen LogP contribution in [0, 0.1) is 13.0 Å². The van der Waals surface area contributed by atoms with Crippen molar-refractivity contribution in [3.63, 3.8) is 0 Å². The predicted molar refractivity (Wildman–Crippen MR) is 58.3 cm³/mol. The van der Waals surface area contributed by atoms with Crippen molar-refractivity contribution >= 4 is 0 Å². The quantitative estimate of drug-likeness (QED) is 0.532. The molecule has 2 aromatic carbocycles. The fraction of sp³-hybridized carbons (Fsp3) is 0.143. The molecular formula is C14H11Ir-. The molecule has 0 atom stereocenters. The predicted octanol–water partition coefficient (Wildman–Crippen LogP) is 3.36. The third-order valence-corrected chi connectivity index (χ3v) is 2.87. The van der Waals surface area contributed by atoms with E-state index in [1.807, 2.05) is 0 Å². The van der Waals surface area contributed by atoms with Crippen molar-refractivity contribution in [3.8, 4) is 11.1 Å². The van der Waals surface area contributed by atoms with Crippen molar-refractivity contribution in [1.82, 2.24) is 0 Å². The van der Waals surface area contributed by atoms with Gasteiger partial charge < -0.3 is 0 Å². The molecule has 2 aromatic rings. The maximum absolute atomic E-state index is 3.27. The van der Waals surface area contributed by atoms with E-state index in [1.54, 1.807) is 0 Å². The van der Waals surface area contributed by atoms with Gasteiger partial charge in [0.2, 0.25) is 0 Å². The first-order chi connectivity index (χ1) is 6.84. The number of hydrogen-bond acceptors (Lipinski definition) is 0. The molecule has 0 saturated carbocycles. The van der Waals surface area contributed by atoms with Gasteiger partial charge in [-0.05, 0) is 6.42 Å². The second-order valence-corrected chi connectivity index (χ2v) is 3.89. The van der Waals surface area contributed by atoms with E-state index >= 15 is 0 Å². The van der Waals surface area contributed by atoms with Gasteiger partial charge in [0.15, 0.2) is 0 Å². The second-order valence-electron chi connectivity index (χ2n) is 3.89. The molecular weight excluding hydrogens is 360 g/mol. The Morgan fingerprint density at radius 1 is 1.07 bits per heavy atom. The molecule has 0 spiro atoms. The van der Waals surface area contributed by atoms with E-state index in [9.17, 15) is 0 Å². The molecule has 0 unspecified atom stereocenters. The molecule has 1 heteroatoms. The summed E-state index contributed by atoms with van der Waals surface area (Å²) >= 11 is 0. The molecule has 1 radical (unpaired) electrons. The van der Waals surface area contributed by atoms with Crippen LogP contribution in [0.1, 0.15) is 16.7 Å². The zero-order chi connectivity index (χ0) is 9.54. The van der Waals surface area contributed by atoms with E-state index in [-0.39, 0.29) is 20.1 Å². The van der Waals surface area contributed by atoms with Gasteiger partial charge in [0.1, 0.15) is 0 Å². The fourth-order valence-electron chi connectivity index (χ4n) is 2.20. The Morgan fingerprint density at radius 2 is 1.87 bits per heavy atom. The monoisotopic (exact) mass is 372 g/mol. The molecule has 0 amide bonds. The SMILES string of the molecule is Cc1[c-]cc2c(c1)Cc1ccccc1-2.[Ir]. The fourth-order valence-corrected chi connectivity index (χ4v) is 2.20. The van der Waals surface area contributed by atoms with Crippen molar-refractivity contribution < 1.29 is 20.1 Å². The second kappa shape index (κ2) is 3.92. The minimum Gasteiger partial charge on any atom is -0.180 e. The van der Waals surface area contributed by atoms with Crippen LogP contribution < -0.4 is 0 Å². The number of fused-ring (bicyclic) bond motifs is 3. The zero-order valence-corrected chi connectivity index (χ0v) is 10.9. The van der Waals surface area contributed by atoms with E-state index < -0.39 is 0 Å². The summed E-state index contributed by atoms with van der Waals surface area (Å²) in [4.78, 5) is 0. The normalized spacial score (nSPS) is 11.5. The number of rotatable bonds is 0. The van der Waals surface area contributed by atoms with Crippen LogP contribution in [0.2, 0.25) is 0 Å². The van der Waals surface area contributed by atoms with Crippen molar-refractivity contribution in [1.29, 1.82) is 0 Å². The van der Waals surface area contributed by atoms with Gasteiger partial charge in [-0.25, -0.2) is 0 Å². The molecule has 0 aromatic heterocycles. The summed E-state index contributed by atoms with van der Waals surface area (Å²) in [5, 5.41) is 0. The average Bonchev–Trinajstić information content (AvgIpc) is 2.54. The van der Waals surface area contributed by atoms with Gasteiger partial charge in [0.25, 0.3) is 0 Å². The van der Waals surface area contributed by atoms with Crippen LogP contribution in [-0.4, -0.2) is 0 Å². The van der Waals surface area contributed by atoms with E-state index in [0.717, 1.165) is 6.42 Å². The number of benzene rings is 2. The first-order valence-electron chi connectivity index (χ1n) is 4.94. The summed E-state index contributed by atoms with van der Waals surface area (Å²) in [6, 6.07) is 16.3.